The first-order valence-corrected chi connectivity index (χ1v) is 12.3. The zero-order valence-electron chi connectivity index (χ0n) is 19.6. The monoisotopic (exact) mass is 438 g/mol. The van der Waals surface area contributed by atoms with Crippen LogP contribution in [0.3, 0.4) is 0 Å². The number of β-amino-alcohol motifs (C(OH)–C–C–N with tert-alkyl or cyclic N) is 1. The summed E-state index contributed by atoms with van der Waals surface area (Å²) in [6.07, 6.45) is 4.70. The van der Waals surface area contributed by atoms with Crippen LogP contribution in [0.4, 0.5) is 0 Å². The van der Waals surface area contributed by atoms with Crippen LogP contribution in [0.2, 0.25) is 0 Å². The number of aliphatic hydroxyl groups excluding tert-OH is 1. The Bertz CT molecular complexity index is 1190. The lowest BCUT2D eigenvalue weighted by atomic mass is 9.98. The van der Waals surface area contributed by atoms with Crippen LogP contribution in [0.5, 0.6) is 0 Å². The maximum Gasteiger partial charge on any atom is 0.0845 e. The number of fused-ring (bicyclic) bond motifs is 1. The lowest BCUT2D eigenvalue weighted by Crippen LogP contribution is -2.35. The number of likely N-dealkylation sites (tertiary alicyclic amines) is 1. The predicted octanol–water partition coefficient (Wildman–Crippen LogP) is 6.52. The Labute approximate surface area is 197 Å². The summed E-state index contributed by atoms with van der Waals surface area (Å²) in [5, 5.41) is 12.5. The molecule has 1 atom stereocenters. The molecule has 33 heavy (non-hydrogen) atoms. The molecule has 0 saturated carbocycles. The standard InChI is InChI=1S/C30H34N2O/c1-23-16-17-28-27(20-23)29(24-12-6-4-7-13-24)30(25-14-8-5-9-15-25)32(28)22-26(33)21-31-18-10-2-3-11-19-31/h4-9,12-17,20,26,33H,2-3,10-11,18-19,21-22H2,1H3/t26-/m0/s1. The summed E-state index contributed by atoms with van der Waals surface area (Å²) in [4.78, 5) is 2.45. The van der Waals surface area contributed by atoms with E-state index in [1.54, 1.807) is 0 Å². The predicted molar refractivity (Wildman–Crippen MR) is 138 cm³/mol. The molecule has 2 heterocycles. The highest BCUT2D eigenvalue weighted by atomic mass is 16.3. The molecule has 1 saturated heterocycles. The highest BCUT2D eigenvalue weighted by molar-refractivity contribution is 6.04. The van der Waals surface area contributed by atoms with Crippen molar-refractivity contribution >= 4 is 10.9 Å². The van der Waals surface area contributed by atoms with E-state index in [0.717, 1.165) is 19.6 Å². The van der Waals surface area contributed by atoms with Crippen LogP contribution < -0.4 is 0 Å². The Hall–Kier alpha value is -2.88. The lowest BCUT2D eigenvalue weighted by molar-refractivity contribution is 0.101. The van der Waals surface area contributed by atoms with Crippen molar-refractivity contribution in [3.05, 3.63) is 84.4 Å². The van der Waals surface area contributed by atoms with E-state index in [0.29, 0.717) is 6.54 Å². The lowest BCUT2D eigenvalue weighted by Gasteiger charge is -2.24. The molecule has 1 aliphatic rings. The fraction of sp³-hybridized carbons (Fsp3) is 0.333. The zero-order valence-corrected chi connectivity index (χ0v) is 19.6. The second-order valence-corrected chi connectivity index (χ2v) is 9.46. The van der Waals surface area contributed by atoms with E-state index in [1.807, 2.05) is 0 Å². The molecule has 0 aliphatic carbocycles. The van der Waals surface area contributed by atoms with Crippen LogP contribution >= 0.6 is 0 Å². The highest BCUT2D eigenvalue weighted by Gasteiger charge is 2.22. The topological polar surface area (TPSA) is 28.4 Å². The second kappa shape index (κ2) is 9.94. The van der Waals surface area contributed by atoms with Gasteiger partial charge in [-0.1, -0.05) is 85.1 Å². The third kappa shape index (κ3) is 4.75. The average molecular weight is 439 g/mol. The summed E-state index contributed by atoms with van der Waals surface area (Å²) in [6, 6.07) is 28.0. The minimum Gasteiger partial charge on any atom is -0.390 e. The average Bonchev–Trinajstić information content (AvgIpc) is 2.96. The summed E-state index contributed by atoms with van der Waals surface area (Å²) in [5.41, 5.74) is 7.29. The molecule has 5 rings (SSSR count). The summed E-state index contributed by atoms with van der Waals surface area (Å²) in [6.45, 7) is 5.68. The van der Waals surface area contributed by atoms with Crippen LogP contribution in [0.15, 0.2) is 78.9 Å². The molecule has 0 amide bonds. The Morgan fingerprint density at radius 2 is 1.39 bits per heavy atom. The van der Waals surface area contributed by atoms with Crippen molar-refractivity contribution in [3.8, 4) is 22.4 Å². The van der Waals surface area contributed by atoms with Crippen molar-refractivity contribution in [2.24, 2.45) is 0 Å². The van der Waals surface area contributed by atoms with Gasteiger partial charge in [0.2, 0.25) is 0 Å². The molecule has 1 fully saturated rings. The molecule has 1 aromatic heterocycles. The van der Waals surface area contributed by atoms with E-state index in [-0.39, 0.29) is 0 Å². The van der Waals surface area contributed by atoms with Crippen LogP contribution in [0, 0.1) is 6.92 Å². The highest BCUT2D eigenvalue weighted by Crippen LogP contribution is 2.41. The van der Waals surface area contributed by atoms with Crippen LogP contribution in [0.1, 0.15) is 31.2 Å². The molecule has 4 aromatic rings. The number of hydrogen-bond donors (Lipinski definition) is 1. The normalized spacial score (nSPS) is 16.1. The molecule has 170 valence electrons. The Kier molecular flexibility index (Phi) is 6.61. The van der Waals surface area contributed by atoms with Gasteiger partial charge in [0.1, 0.15) is 0 Å². The minimum absolute atomic E-state index is 0.411. The quantitative estimate of drug-likeness (QED) is 0.371. The number of hydrogen-bond acceptors (Lipinski definition) is 2. The van der Waals surface area contributed by atoms with E-state index in [4.69, 9.17) is 0 Å². The molecular weight excluding hydrogens is 404 g/mol. The van der Waals surface area contributed by atoms with Crippen molar-refractivity contribution in [2.75, 3.05) is 19.6 Å². The number of aryl methyl sites for hydroxylation is 1. The third-order valence-electron chi connectivity index (χ3n) is 6.89. The van der Waals surface area contributed by atoms with E-state index in [9.17, 15) is 5.11 Å². The maximum absolute atomic E-state index is 11.2. The Morgan fingerprint density at radius 1 is 0.758 bits per heavy atom. The minimum atomic E-state index is -0.411. The van der Waals surface area contributed by atoms with Crippen LogP contribution in [-0.2, 0) is 6.54 Å². The first-order valence-electron chi connectivity index (χ1n) is 12.3. The fourth-order valence-electron chi connectivity index (χ4n) is 5.34. The molecule has 0 unspecified atom stereocenters. The van der Waals surface area contributed by atoms with Gasteiger partial charge in [-0.25, -0.2) is 0 Å². The van der Waals surface area contributed by atoms with Crippen LogP contribution in [0.25, 0.3) is 33.3 Å². The summed E-state index contributed by atoms with van der Waals surface area (Å²) >= 11 is 0. The summed E-state index contributed by atoms with van der Waals surface area (Å²) in [5.74, 6) is 0. The van der Waals surface area contributed by atoms with Crippen molar-refractivity contribution in [2.45, 2.75) is 45.3 Å². The molecule has 0 radical (unpaired) electrons. The van der Waals surface area contributed by atoms with Gasteiger partial charge in [0, 0.05) is 23.0 Å². The second-order valence-electron chi connectivity index (χ2n) is 9.46. The van der Waals surface area contributed by atoms with Crippen molar-refractivity contribution in [1.29, 1.82) is 0 Å². The van der Waals surface area contributed by atoms with E-state index in [2.05, 4.69) is 95.3 Å². The van der Waals surface area contributed by atoms with E-state index >= 15 is 0 Å². The van der Waals surface area contributed by atoms with Gasteiger partial charge in [0.05, 0.1) is 18.3 Å². The molecule has 1 N–H and O–H groups in total. The van der Waals surface area contributed by atoms with Gasteiger partial charge in [-0.15, -0.1) is 0 Å². The van der Waals surface area contributed by atoms with Crippen molar-refractivity contribution in [1.82, 2.24) is 9.47 Å². The molecule has 0 bridgehead atoms. The van der Waals surface area contributed by atoms with Crippen molar-refractivity contribution < 1.29 is 5.11 Å². The smallest absolute Gasteiger partial charge is 0.0845 e. The molecular formula is C30H34N2O. The number of benzene rings is 3. The van der Waals surface area contributed by atoms with Gasteiger partial charge in [0.15, 0.2) is 0 Å². The zero-order chi connectivity index (χ0) is 22.6. The first-order chi connectivity index (χ1) is 16.2. The largest absolute Gasteiger partial charge is 0.390 e. The third-order valence-corrected chi connectivity index (χ3v) is 6.89. The number of nitrogens with zero attached hydrogens (tertiary/aromatic N) is 2. The van der Waals surface area contributed by atoms with Gasteiger partial charge in [-0.3, -0.25) is 0 Å². The van der Waals surface area contributed by atoms with Gasteiger partial charge in [-0.2, -0.15) is 0 Å². The molecule has 0 spiro atoms. The number of rotatable bonds is 6. The molecule has 3 heteroatoms. The molecule has 1 aliphatic heterocycles. The first kappa shape index (κ1) is 21.9. The Balaban J connectivity index is 1.63. The SMILES string of the molecule is Cc1ccc2c(c1)c(-c1ccccc1)c(-c1ccccc1)n2C[C@@H](O)CN1CCCCCC1. The summed E-state index contributed by atoms with van der Waals surface area (Å²) < 4.78 is 2.36. The number of aliphatic hydroxyl groups is 1. The number of aromatic nitrogens is 1. The van der Waals surface area contributed by atoms with Crippen molar-refractivity contribution in [3.63, 3.8) is 0 Å². The van der Waals surface area contributed by atoms with Gasteiger partial charge in [-0.05, 0) is 56.1 Å². The van der Waals surface area contributed by atoms with E-state index in [1.165, 1.54) is 64.5 Å². The van der Waals surface area contributed by atoms with Gasteiger partial charge >= 0.3 is 0 Å². The maximum atomic E-state index is 11.2. The van der Waals surface area contributed by atoms with Gasteiger partial charge in [0.25, 0.3) is 0 Å². The van der Waals surface area contributed by atoms with Gasteiger partial charge < -0.3 is 14.6 Å². The Morgan fingerprint density at radius 3 is 2.06 bits per heavy atom. The van der Waals surface area contributed by atoms with Crippen LogP contribution in [-0.4, -0.2) is 40.3 Å². The summed E-state index contributed by atoms with van der Waals surface area (Å²) in [7, 11) is 0. The molecule has 3 aromatic carbocycles. The molecule has 3 nitrogen and oxygen atoms in total. The fourth-order valence-corrected chi connectivity index (χ4v) is 5.34. The van der Waals surface area contributed by atoms with E-state index < -0.39 is 6.10 Å².